The largest absolute Gasteiger partial charge is 0.382 e. The molecule has 10 heavy (non-hydrogen) atoms. The molecule has 0 spiro atoms. The van der Waals surface area contributed by atoms with Gasteiger partial charge in [-0.15, -0.1) is 5.73 Å². The Labute approximate surface area is 63.8 Å². The third-order valence-corrected chi connectivity index (χ3v) is 1.26. The maximum Gasteiger partial charge on any atom is 0.0531 e. The lowest BCUT2D eigenvalue weighted by molar-refractivity contribution is 0.744. The van der Waals surface area contributed by atoms with Crippen molar-refractivity contribution in [3.05, 3.63) is 17.5 Å². The van der Waals surface area contributed by atoms with E-state index in [1.54, 1.807) is 0 Å². The highest BCUT2D eigenvalue weighted by Crippen LogP contribution is 1.91. The van der Waals surface area contributed by atoms with Gasteiger partial charge in [0.25, 0.3) is 0 Å². The Kier molecular flexibility index (Phi) is 6.00. The second-order valence-electron chi connectivity index (χ2n) is 2.19. The third kappa shape index (κ3) is 4.22. The molecule has 0 fully saturated rings. The summed E-state index contributed by atoms with van der Waals surface area (Å²) in [7, 11) is 0. The van der Waals surface area contributed by atoms with Crippen molar-refractivity contribution in [2.24, 2.45) is 0 Å². The van der Waals surface area contributed by atoms with Gasteiger partial charge in [0.1, 0.15) is 0 Å². The van der Waals surface area contributed by atoms with Crippen molar-refractivity contribution in [1.82, 2.24) is 5.32 Å². The van der Waals surface area contributed by atoms with E-state index in [0.717, 1.165) is 13.0 Å². The SMILES string of the molecule is CC=C=C(CC)NCCC. The first-order valence-corrected chi connectivity index (χ1v) is 3.99. The van der Waals surface area contributed by atoms with E-state index in [4.69, 9.17) is 0 Å². The second kappa shape index (κ2) is 6.44. The zero-order chi connectivity index (χ0) is 7.82. The highest BCUT2D eigenvalue weighted by molar-refractivity contribution is 4.97. The first-order chi connectivity index (χ1) is 4.85. The highest BCUT2D eigenvalue weighted by atomic mass is 14.9. The molecule has 0 unspecified atom stereocenters. The molecule has 0 aliphatic heterocycles. The van der Waals surface area contributed by atoms with Gasteiger partial charge in [0, 0.05) is 6.54 Å². The molecule has 0 aromatic rings. The standard InChI is InChI=1S/C9H17N/c1-4-7-9(6-3)10-8-5-2/h4,10H,5-6,8H2,1-3H3. The summed E-state index contributed by atoms with van der Waals surface area (Å²) in [4.78, 5) is 0. The molecule has 0 amide bonds. The summed E-state index contributed by atoms with van der Waals surface area (Å²) >= 11 is 0. The van der Waals surface area contributed by atoms with Crippen LogP contribution in [0.4, 0.5) is 0 Å². The zero-order valence-corrected chi connectivity index (χ0v) is 7.20. The van der Waals surface area contributed by atoms with Gasteiger partial charge in [-0.1, -0.05) is 13.8 Å². The molecule has 0 rings (SSSR count). The van der Waals surface area contributed by atoms with Crippen LogP contribution in [0, 0.1) is 0 Å². The van der Waals surface area contributed by atoms with E-state index < -0.39 is 0 Å². The van der Waals surface area contributed by atoms with Crippen LogP contribution in [-0.4, -0.2) is 6.54 Å². The Balaban J connectivity index is 3.73. The lowest BCUT2D eigenvalue weighted by Crippen LogP contribution is -2.12. The Morgan fingerprint density at radius 3 is 2.60 bits per heavy atom. The number of hydrogen-bond acceptors (Lipinski definition) is 1. The maximum absolute atomic E-state index is 3.29. The van der Waals surface area contributed by atoms with Crippen LogP contribution >= 0.6 is 0 Å². The molecule has 0 saturated heterocycles. The van der Waals surface area contributed by atoms with Crippen LogP contribution < -0.4 is 5.32 Å². The third-order valence-electron chi connectivity index (χ3n) is 1.26. The number of hydrogen-bond donors (Lipinski definition) is 1. The number of nitrogens with one attached hydrogen (secondary N) is 1. The van der Waals surface area contributed by atoms with Crippen molar-refractivity contribution in [1.29, 1.82) is 0 Å². The monoisotopic (exact) mass is 139 g/mol. The van der Waals surface area contributed by atoms with Crippen molar-refractivity contribution in [2.75, 3.05) is 6.54 Å². The lowest BCUT2D eigenvalue weighted by Gasteiger charge is -2.02. The average molecular weight is 139 g/mol. The van der Waals surface area contributed by atoms with Crippen LogP contribution in [0.2, 0.25) is 0 Å². The molecule has 0 saturated carbocycles. The summed E-state index contributed by atoms with van der Waals surface area (Å²) in [6.45, 7) is 7.34. The minimum atomic E-state index is 1.05. The van der Waals surface area contributed by atoms with Crippen LogP contribution in [-0.2, 0) is 0 Å². The molecule has 0 aliphatic rings. The topological polar surface area (TPSA) is 12.0 Å². The zero-order valence-electron chi connectivity index (χ0n) is 7.20. The van der Waals surface area contributed by atoms with E-state index in [2.05, 4.69) is 24.9 Å². The fraction of sp³-hybridized carbons (Fsp3) is 0.667. The van der Waals surface area contributed by atoms with Crippen LogP contribution in [0.15, 0.2) is 17.5 Å². The molecular weight excluding hydrogens is 122 g/mol. The number of allylic oxidation sites excluding steroid dienone is 1. The predicted octanol–water partition coefficient (Wildman–Crippen LogP) is 2.45. The van der Waals surface area contributed by atoms with Crippen LogP contribution in [0.25, 0.3) is 0 Å². The van der Waals surface area contributed by atoms with Gasteiger partial charge in [-0.25, -0.2) is 0 Å². The van der Waals surface area contributed by atoms with Gasteiger partial charge in [0.2, 0.25) is 0 Å². The second-order valence-corrected chi connectivity index (χ2v) is 2.19. The lowest BCUT2D eigenvalue weighted by atomic mass is 10.3. The molecule has 0 aromatic carbocycles. The van der Waals surface area contributed by atoms with Gasteiger partial charge < -0.3 is 5.32 Å². The Hall–Kier alpha value is -0.680. The van der Waals surface area contributed by atoms with E-state index in [1.165, 1.54) is 12.1 Å². The fourth-order valence-corrected chi connectivity index (χ4v) is 0.728. The molecule has 0 atom stereocenters. The van der Waals surface area contributed by atoms with Gasteiger partial charge in [0.05, 0.1) is 5.70 Å². The molecule has 0 aromatic heterocycles. The van der Waals surface area contributed by atoms with Gasteiger partial charge in [-0.3, -0.25) is 0 Å². The molecule has 1 N–H and O–H groups in total. The van der Waals surface area contributed by atoms with Gasteiger partial charge >= 0.3 is 0 Å². The van der Waals surface area contributed by atoms with Crippen molar-refractivity contribution in [3.63, 3.8) is 0 Å². The molecule has 1 heteroatoms. The average Bonchev–Trinajstić information content (AvgIpc) is 1.98. The molecule has 0 radical (unpaired) electrons. The minimum Gasteiger partial charge on any atom is -0.382 e. The quantitative estimate of drug-likeness (QED) is 0.590. The molecule has 0 bridgehead atoms. The number of rotatable bonds is 4. The molecule has 1 nitrogen and oxygen atoms in total. The van der Waals surface area contributed by atoms with Crippen LogP contribution in [0.1, 0.15) is 33.6 Å². The fourth-order valence-electron chi connectivity index (χ4n) is 0.728. The van der Waals surface area contributed by atoms with Crippen molar-refractivity contribution in [3.8, 4) is 0 Å². The predicted molar refractivity (Wildman–Crippen MR) is 45.9 cm³/mol. The summed E-state index contributed by atoms with van der Waals surface area (Å²) in [5, 5.41) is 3.29. The van der Waals surface area contributed by atoms with Gasteiger partial charge in [0.15, 0.2) is 0 Å². The van der Waals surface area contributed by atoms with Crippen molar-refractivity contribution >= 4 is 0 Å². The molecule has 0 heterocycles. The normalized spacial score (nSPS) is 8.30. The van der Waals surface area contributed by atoms with E-state index in [0.29, 0.717) is 0 Å². The van der Waals surface area contributed by atoms with E-state index in [9.17, 15) is 0 Å². The summed E-state index contributed by atoms with van der Waals surface area (Å²) in [6.07, 6.45) is 4.17. The molecular formula is C9H17N. The Morgan fingerprint density at radius 2 is 2.20 bits per heavy atom. The first kappa shape index (κ1) is 9.32. The van der Waals surface area contributed by atoms with Gasteiger partial charge in [-0.05, 0) is 25.8 Å². The Bertz CT molecular complexity index is 130. The minimum absolute atomic E-state index is 1.05. The summed E-state index contributed by atoms with van der Waals surface area (Å²) in [5.41, 5.74) is 4.36. The molecule has 58 valence electrons. The van der Waals surface area contributed by atoms with E-state index in [1.807, 2.05) is 13.0 Å². The summed E-state index contributed by atoms with van der Waals surface area (Å²) in [6, 6.07) is 0. The first-order valence-electron chi connectivity index (χ1n) is 3.99. The van der Waals surface area contributed by atoms with Gasteiger partial charge in [-0.2, -0.15) is 0 Å². The van der Waals surface area contributed by atoms with Crippen LogP contribution in [0.3, 0.4) is 0 Å². The van der Waals surface area contributed by atoms with Crippen molar-refractivity contribution < 1.29 is 0 Å². The summed E-state index contributed by atoms with van der Waals surface area (Å²) in [5.74, 6) is 0. The van der Waals surface area contributed by atoms with E-state index >= 15 is 0 Å². The highest BCUT2D eigenvalue weighted by Gasteiger charge is 1.86. The van der Waals surface area contributed by atoms with Crippen LogP contribution in [0.5, 0.6) is 0 Å². The smallest absolute Gasteiger partial charge is 0.0531 e. The molecule has 0 aliphatic carbocycles. The van der Waals surface area contributed by atoms with E-state index in [-0.39, 0.29) is 0 Å². The maximum atomic E-state index is 3.29. The summed E-state index contributed by atoms with van der Waals surface area (Å²) < 4.78 is 0. The van der Waals surface area contributed by atoms with Crippen molar-refractivity contribution in [2.45, 2.75) is 33.6 Å². The Morgan fingerprint density at radius 1 is 1.50 bits per heavy atom.